The lowest BCUT2D eigenvalue weighted by atomic mass is 10.2. The Balaban J connectivity index is 1.40. The molecule has 0 saturated carbocycles. The van der Waals surface area contributed by atoms with Gasteiger partial charge in [-0.25, -0.2) is 5.43 Å². The second-order valence-electron chi connectivity index (χ2n) is 5.10. The summed E-state index contributed by atoms with van der Waals surface area (Å²) in [7, 11) is 0. The Morgan fingerprint density at radius 3 is 2.38 bits per heavy atom. The third-order valence-corrected chi connectivity index (χ3v) is 6.38. The first-order valence-electron chi connectivity index (χ1n) is 7.79. The molecule has 0 atom stereocenters. The van der Waals surface area contributed by atoms with E-state index in [1.807, 2.05) is 48.5 Å². The number of benzene rings is 2. The second-order valence-corrected chi connectivity index (χ2v) is 8.52. The highest BCUT2D eigenvalue weighted by Gasteiger charge is 2.08. The number of thioether (sulfide) groups is 2. The summed E-state index contributed by atoms with van der Waals surface area (Å²) in [5, 5.41) is 12.2. The van der Waals surface area contributed by atoms with Crippen LogP contribution < -0.4 is 5.43 Å². The van der Waals surface area contributed by atoms with Crippen LogP contribution >= 0.6 is 34.9 Å². The molecule has 0 spiro atoms. The molecule has 0 fully saturated rings. The second kappa shape index (κ2) is 10.1. The van der Waals surface area contributed by atoms with Gasteiger partial charge < -0.3 is 0 Å². The molecule has 26 heavy (non-hydrogen) atoms. The summed E-state index contributed by atoms with van der Waals surface area (Å²) in [6, 6.07) is 19.8. The van der Waals surface area contributed by atoms with Crippen LogP contribution in [0.15, 0.2) is 74.4 Å². The zero-order chi connectivity index (χ0) is 18.0. The van der Waals surface area contributed by atoms with E-state index in [9.17, 15) is 4.79 Å². The van der Waals surface area contributed by atoms with E-state index >= 15 is 0 Å². The molecule has 3 aromatic rings. The lowest BCUT2D eigenvalue weighted by Gasteiger charge is -1.97. The summed E-state index contributed by atoms with van der Waals surface area (Å²) < 4.78 is 1.68. The first kappa shape index (κ1) is 18.6. The van der Waals surface area contributed by atoms with Crippen molar-refractivity contribution in [3.05, 3.63) is 71.8 Å². The molecule has 0 aliphatic heterocycles. The Hall–Kier alpha value is -2.16. The van der Waals surface area contributed by atoms with Crippen molar-refractivity contribution in [3.63, 3.8) is 0 Å². The van der Waals surface area contributed by atoms with E-state index in [0.717, 1.165) is 20.0 Å². The summed E-state index contributed by atoms with van der Waals surface area (Å²) >= 11 is 4.51. The highest BCUT2D eigenvalue weighted by molar-refractivity contribution is 8.03. The number of hydrazone groups is 1. The van der Waals surface area contributed by atoms with Crippen LogP contribution in [0.5, 0.6) is 0 Å². The molecule has 1 N–H and O–H groups in total. The predicted molar refractivity (Wildman–Crippen MR) is 109 cm³/mol. The van der Waals surface area contributed by atoms with Gasteiger partial charge in [0.15, 0.2) is 8.68 Å². The van der Waals surface area contributed by atoms with E-state index < -0.39 is 0 Å². The first-order chi connectivity index (χ1) is 12.8. The smallest absolute Gasteiger partial charge is 0.250 e. The van der Waals surface area contributed by atoms with Crippen molar-refractivity contribution in [2.45, 2.75) is 14.4 Å². The number of hydrogen-bond donors (Lipinski definition) is 1. The maximum Gasteiger partial charge on any atom is 0.250 e. The molecule has 3 rings (SSSR count). The van der Waals surface area contributed by atoms with Gasteiger partial charge in [0.2, 0.25) is 0 Å². The fraction of sp³-hybridized carbons (Fsp3) is 0.111. The van der Waals surface area contributed by atoms with Gasteiger partial charge in [0.1, 0.15) is 0 Å². The molecule has 1 aromatic heterocycles. The van der Waals surface area contributed by atoms with Gasteiger partial charge in [0.25, 0.3) is 5.91 Å². The van der Waals surface area contributed by atoms with E-state index in [0.29, 0.717) is 0 Å². The highest BCUT2D eigenvalue weighted by Crippen LogP contribution is 2.30. The summed E-state index contributed by atoms with van der Waals surface area (Å²) in [5.74, 6) is 0.940. The number of rotatable bonds is 8. The monoisotopic (exact) mass is 400 g/mol. The minimum atomic E-state index is -0.170. The zero-order valence-electron chi connectivity index (χ0n) is 13.7. The van der Waals surface area contributed by atoms with Gasteiger partial charge in [-0.15, -0.1) is 10.2 Å². The predicted octanol–water partition coefficient (Wildman–Crippen LogP) is 4.07. The molecular formula is C18H16N4OS3. The fourth-order valence-corrected chi connectivity index (χ4v) is 4.68. The van der Waals surface area contributed by atoms with Gasteiger partial charge in [-0.3, -0.25) is 4.79 Å². The van der Waals surface area contributed by atoms with Crippen LogP contribution in [-0.4, -0.2) is 28.1 Å². The Morgan fingerprint density at radius 1 is 1.00 bits per heavy atom. The summed E-state index contributed by atoms with van der Waals surface area (Å²) in [5.41, 5.74) is 4.70. The van der Waals surface area contributed by atoms with Crippen LogP contribution in [0, 0.1) is 0 Å². The third-order valence-electron chi connectivity index (χ3n) is 3.12. The number of nitrogens with one attached hydrogen (secondary N) is 1. The molecular weight excluding hydrogens is 384 g/mol. The van der Waals surface area contributed by atoms with Crippen LogP contribution in [0.25, 0.3) is 0 Å². The van der Waals surface area contributed by atoms with Crippen LogP contribution in [0.4, 0.5) is 0 Å². The van der Waals surface area contributed by atoms with Crippen molar-refractivity contribution >= 4 is 47.0 Å². The molecule has 8 heteroatoms. The van der Waals surface area contributed by atoms with Gasteiger partial charge in [-0.2, -0.15) is 5.10 Å². The number of amides is 1. The van der Waals surface area contributed by atoms with E-state index in [4.69, 9.17) is 0 Å². The Bertz CT molecular complexity index is 853. The molecule has 0 bridgehead atoms. The van der Waals surface area contributed by atoms with Crippen LogP contribution in [0.3, 0.4) is 0 Å². The van der Waals surface area contributed by atoms with Crippen LogP contribution in [0.1, 0.15) is 11.1 Å². The van der Waals surface area contributed by atoms with Crippen molar-refractivity contribution < 1.29 is 4.79 Å². The molecule has 132 valence electrons. The molecule has 5 nitrogen and oxygen atoms in total. The molecule has 0 aliphatic carbocycles. The zero-order valence-corrected chi connectivity index (χ0v) is 16.2. The Morgan fingerprint density at radius 2 is 1.65 bits per heavy atom. The Kier molecular flexibility index (Phi) is 7.24. The van der Waals surface area contributed by atoms with Gasteiger partial charge in [0, 0.05) is 5.75 Å². The topological polar surface area (TPSA) is 67.2 Å². The number of nitrogens with zero attached hydrogens (tertiary/aromatic N) is 3. The van der Waals surface area contributed by atoms with E-state index in [1.165, 1.54) is 28.7 Å². The molecule has 2 aromatic carbocycles. The lowest BCUT2D eigenvalue weighted by Crippen LogP contribution is -2.19. The maximum absolute atomic E-state index is 11.8. The summed E-state index contributed by atoms with van der Waals surface area (Å²) in [6.07, 6.45) is 1.62. The summed E-state index contributed by atoms with van der Waals surface area (Å²) in [4.78, 5) is 11.8. The van der Waals surface area contributed by atoms with E-state index in [-0.39, 0.29) is 11.7 Å². The highest BCUT2D eigenvalue weighted by atomic mass is 32.2. The molecule has 1 amide bonds. The number of aromatic nitrogens is 2. The molecule has 0 unspecified atom stereocenters. The summed E-state index contributed by atoms with van der Waals surface area (Å²) in [6.45, 7) is 0. The average Bonchev–Trinajstić information content (AvgIpc) is 3.14. The van der Waals surface area contributed by atoms with Gasteiger partial charge >= 0.3 is 0 Å². The quantitative estimate of drug-likeness (QED) is 0.351. The molecule has 0 radical (unpaired) electrons. The van der Waals surface area contributed by atoms with Gasteiger partial charge in [-0.1, -0.05) is 95.5 Å². The van der Waals surface area contributed by atoms with Crippen molar-refractivity contribution in [2.75, 3.05) is 5.75 Å². The maximum atomic E-state index is 11.8. The Labute approximate surface area is 164 Å². The van der Waals surface area contributed by atoms with Crippen molar-refractivity contribution in [2.24, 2.45) is 5.10 Å². The van der Waals surface area contributed by atoms with Crippen LogP contribution in [0.2, 0.25) is 0 Å². The van der Waals surface area contributed by atoms with Crippen molar-refractivity contribution in [3.8, 4) is 0 Å². The van der Waals surface area contributed by atoms with Crippen molar-refractivity contribution in [1.29, 1.82) is 0 Å². The van der Waals surface area contributed by atoms with E-state index in [1.54, 1.807) is 18.0 Å². The minimum absolute atomic E-state index is 0.170. The van der Waals surface area contributed by atoms with E-state index in [2.05, 4.69) is 32.9 Å². The largest absolute Gasteiger partial charge is 0.272 e. The number of hydrogen-bond acceptors (Lipinski definition) is 7. The fourth-order valence-electron chi connectivity index (χ4n) is 1.91. The van der Waals surface area contributed by atoms with Crippen LogP contribution in [-0.2, 0) is 10.5 Å². The average molecular weight is 401 g/mol. The SMILES string of the molecule is O=C(CSc1nnc(SCc2ccccc2)s1)N/N=C\c1ccccc1. The minimum Gasteiger partial charge on any atom is -0.272 e. The first-order valence-corrected chi connectivity index (χ1v) is 10.6. The number of carbonyl (C=O) groups is 1. The standard InChI is InChI=1S/C18H16N4OS3/c23-16(20-19-11-14-7-3-1-4-8-14)13-25-18-22-21-17(26-18)24-12-15-9-5-2-6-10-15/h1-11H,12-13H2,(H,20,23)/b19-11-. The molecule has 1 heterocycles. The number of carbonyl (C=O) groups excluding carboxylic acids is 1. The van der Waals surface area contributed by atoms with Gasteiger partial charge in [-0.05, 0) is 11.1 Å². The lowest BCUT2D eigenvalue weighted by molar-refractivity contribution is -0.118. The third kappa shape index (κ3) is 6.29. The van der Waals surface area contributed by atoms with Gasteiger partial charge in [0.05, 0.1) is 12.0 Å². The molecule has 0 aliphatic rings. The van der Waals surface area contributed by atoms with Crippen molar-refractivity contribution in [1.82, 2.24) is 15.6 Å². The molecule has 0 saturated heterocycles. The normalized spacial score (nSPS) is 10.9.